The summed E-state index contributed by atoms with van der Waals surface area (Å²) in [5.74, 6) is 0.356. The van der Waals surface area contributed by atoms with Crippen LogP contribution in [0.15, 0.2) is 48.7 Å². The van der Waals surface area contributed by atoms with Crippen LogP contribution in [0.4, 0.5) is 16.3 Å². The van der Waals surface area contributed by atoms with Crippen LogP contribution in [0.1, 0.15) is 26.3 Å². The summed E-state index contributed by atoms with van der Waals surface area (Å²) in [6.07, 6.45) is 1.58. The third kappa shape index (κ3) is 4.79. The second-order valence-electron chi connectivity index (χ2n) is 6.37. The van der Waals surface area contributed by atoms with Crippen molar-refractivity contribution in [3.8, 4) is 0 Å². The van der Waals surface area contributed by atoms with Crippen molar-refractivity contribution in [2.24, 2.45) is 0 Å². The van der Waals surface area contributed by atoms with Crippen LogP contribution < -0.4 is 10.6 Å². The highest BCUT2D eigenvalue weighted by Gasteiger charge is 2.28. The predicted octanol–water partition coefficient (Wildman–Crippen LogP) is 3.44. The van der Waals surface area contributed by atoms with Crippen molar-refractivity contribution in [3.05, 3.63) is 54.2 Å². The third-order valence-electron chi connectivity index (χ3n) is 3.38. The zero-order chi connectivity index (χ0) is 17.8. The van der Waals surface area contributed by atoms with Gasteiger partial charge in [0, 0.05) is 11.9 Å². The Balaban J connectivity index is 2.07. The fraction of sp³-hybridized carbons (Fsp3) is 0.294. The third-order valence-corrected chi connectivity index (χ3v) is 5.96. The molecular formula is C17H21N3O3S. The summed E-state index contributed by atoms with van der Waals surface area (Å²) < 4.78 is 23.7. The monoisotopic (exact) mass is 347 g/mol. The van der Waals surface area contributed by atoms with E-state index in [-0.39, 0.29) is 5.75 Å². The van der Waals surface area contributed by atoms with Gasteiger partial charge in [0.1, 0.15) is 5.82 Å². The first-order valence-electron chi connectivity index (χ1n) is 7.48. The van der Waals surface area contributed by atoms with Crippen LogP contribution in [0.25, 0.3) is 0 Å². The van der Waals surface area contributed by atoms with Crippen molar-refractivity contribution in [2.45, 2.75) is 31.3 Å². The molecule has 0 spiro atoms. The summed E-state index contributed by atoms with van der Waals surface area (Å²) in [7, 11) is -3.28. The van der Waals surface area contributed by atoms with E-state index in [1.54, 1.807) is 69.4 Å². The normalized spacial score (nSPS) is 11.8. The maximum Gasteiger partial charge on any atom is 0.324 e. The summed E-state index contributed by atoms with van der Waals surface area (Å²) in [6, 6.07) is 11.5. The largest absolute Gasteiger partial charge is 0.324 e. The van der Waals surface area contributed by atoms with E-state index in [2.05, 4.69) is 15.6 Å². The molecule has 1 aromatic heterocycles. The van der Waals surface area contributed by atoms with Crippen molar-refractivity contribution in [3.63, 3.8) is 0 Å². The molecule has 0 aliphatic carbocycles. The van der Waals surface area contributed by atoms with Gasteiger partial charge >= 0.3 is 6.03 Å². The van der Waals surface area contributed by atoms with Crippen LogP contribution in [0.3, 0.4) is 0 Å². The van der Waals surface area contributed by atoms with Crippen molar-refractivity contribution >= 4 is 27.4 Å². The van der Waals surface area contributed by atoms with E-state index in [4.69, 9.17) is 0 Å². The molecule has 1 heterocycles. The van der Waals surface area contributed by atoms with E-state index in [0.29, 0.717) is 17.1 Å². The molecule has 0 bridgehead atoms. The zero-order valence-corrected chi connectivity index (χ0v) is 14.7. The van der Waals surface area contributed by atoms with Crippen LogP contribution in [-0.4, -0.2) is 24.2 Å². The van der Waals surface area contributed by atoms with E-state index in [1.165, 1.54) is 0 Å². The molecule has 0 atom stereocenters. The lowest BCUT2D eigenvalue weighted by molar-refractivity contribution is 0.262. The zero-order valence-electron chi connectivity index (χ0n) is 13.9. The van der Waals surface area contributed by atoms with Gasteiger partial charge in [-0.05, 0) is 50.6 Å². The first kappa shape index (κ1) is 17.9. The van der Waals surface area contributed by atoms with Crippen molar-refractivity contribution < 1.29 is 13.2 Å². The van der Waals surface area contributed by atoms with Crippen LogP contribution in [0.2, 0.25) is 0 Å². The molecule has 2 N–H and O–H groups in total. The van der Waals surface area contributed by atoms with Crippen molar-refractivity contribution in [1.29, 1.82) is 0 Å². The second kappa shape index (κ2) is 7.00. The minimum Gasteiger partial charge on any atom is -0.308 e. The van der Waals surface area contributed by atoms with Gasteiger partial charge in [-0.2, -0.15) is 0 Å². The number of nitrogens with zero attached hydrogens (tertiary/aromatic N) is 1. The summed E-state index contributed by atoms with van der Waals surface area (Å²) in [5.41, 5.74) is 1.14. The molecule has 24 heavy (non-hydrogen) atoms. The fourth-order valence-electron chi connectivity index (χ4n) is 1.89. The molecule has 0 saturated heterocycles. The Kier molecular flexibility index (Phi) is 5.23. The van der Waals surface area contributed by atoms with E-state index in [0.717, 1.165) is 0 Å². The number of sulfone groups is 1. The van der Waals surface area contributed by atoms with Gasteiger partial charge in [0.25, 0.3) is 0 Å². The van der Waals surface area contributed by atoms with Crippen molar-refractivity contribution in [2.75, 3.05) is 10.6 Å². The smallest absolute Gasteiger partial charge is 0.308 e. The molecule has 6 nitrogen and oxygen atoms in total. The molecule has 2 aromatic rings. The minimum absolute atomic E-state index is 0.0755. The Hall–Kier alpha value is -2.41. The molecule has 128 valence electrons. The molecule has 2 amide bonds. The average Bonchev–Trinajstić information content (AvgIpc) is 2.46. The van der Waals surface area contributed by atoms with Gasteiger partial charge in [0.05, 0.1) is 10.5 Å². The average molecular weight is 347 g/mol. The van der Waals surface area contributed by atoms with Crippen LogP contribution >= 0.6 is 0 Å². The number of pyridine rings is 1. The van der Waals surface area contributed by atoms with Gasteiger partial charge in [-0.15, -0.1) is 0 Å². The number of urea groups is 1. The quantitative estimate of drug-likeness (QED) is 0.887. The number of rotatable bonds is 4. The highest BCUT2D eigenvalue weighted by Crippen LogP contribution is 2.22. The van der Waals surface area contributed by atoms with Gasteiger partial charge in [-0.25, -0.2) is 18.2 Å². The highest BCUT2D eigenvalue weighted by atomic mass is 32.2. The Morgan fingerprint density at radius 1 is 1.08 bits per heavy atom. The summed E-state index contributed by atoms with van der Waals surface area (Å²) in [5, 5.41) is 5.27. The van der Waals surface area contributed by atoms with Gasteiger partial charge in [-0.3, -0.25) is 5.32 Å². The van der Waals surface area contributed by atoms with Gasteiger partial charge in [0.2, 0.25) is 0 Å². The SMILES string of the molecule is CC(C)(C)S(=O)(=O)Cc1cccc(NC(=O)Nc2ccccn2)c1. The van der Waals surface area contributed by atoms with Crippen molar-refractivity contribution in [1.82, 2.24) is 4.98 Å². The van der Waals surface area contributed by atoms with Gasteiger partial charge in [-0.1, -0.05) is 18.2 Å². The summed E-state index contributed by atoms with van der Waals surface area (Å²) >= 11 is 0. The molecule has 7 heteroatoms. The van der Waals surface area contributed by atoms with Crippen LogP contribution in [0.5, 0.6) is 0 Å². The van der Waals surface area contributed by atoms with Gasteiger partial charge in [0.15, 0.2) is 9.84 Å². The maximum atomic E-state index is 12.3. The summed E-state index contributed by atoms with van der Waals surface area (Å²) in [4.78, 5) is 16.0. The lowest BCUT2D eigenvalue weighted by Crippen LogP contribution is -2.29. The Bertz CT molecular complexity index is 812. The molecular weight excluding hydrogens is 326 g/mol. The highest BCUT2D eigenvalue weighted by molar-refractivity contribution is 7.91. The Labute approximate surface area is 142 Å². The molecule has 0 fully saturated rings. The number of carbonyl (C=O) groups excluding carboxylic acids is 1. The number of anilines is 2. The molecule has 0 radical (unpaired) electrons. The number of benzene rings is 1. The molecule has 0 unspecified atom stereocenters. The maximum absolute atomic E-state index is 12.3. The Morgan fingerprint density at radius 3 is 2.46 bits per heavy atom. The first-order chi connectivity index (χ1) is 11.2. The van der Waals surface area contributed by atoms with E-state index >= 15 is 0 Å². The first-order valence-corrected chi connectivity index (χ1v) is 9.13. The fourth-order valence-corrected chi connectivity index (χ4v) is 2.94. The Morgan fingerprint density at radius 2 is 1.83 bits per heavy atom. The number of amides is 2. The molecule has 0 saturated carbocycles. The molecule has 2 rings (SSSR count). The minimum atomic E-state index is -3.28. The van der Waals surface area contributed by atoms with E-state index in [9.17, 15) is 13.2 Å². The number of hydrogen-bond donors (Lipinski definition) is 2. The second-order valence-corrected chi connectivity index (χ2v) is 9.11. The van der Waals surface area contributed by atoms with E-state index < -0.39 is 20.6 Å². The number of nitrogens with one attached hydrogen (secondary N) is 2. The number of carbonyl (C=O) groups is 1. The standard InChI is InChI=1S/C17H21N3O3S/c1-17(2,3)24(22,23)12-13-7-6-8-14(11-13)19-16(21)20-15-9-4-5-10-18-15/h4-11H,12H2,1-3H3,(H2,18,19,20,21). The molecule has 0 aliphatic heterocycles. The molecule has 1 aromatic carbocycles. The number of hydrogen-bond acceptors (Lipinski definition) is 4. The lowest BCUT2D eigenvalue weighted by atomic mass is 10.2. The van der Waals surface area contributed by atoms with Gasteiger partial charge < -0.3 is 5.32 Å². The van der Waals surface area contributed by atoms with Crippen LogP contribution in [-0.2, 0) is 15.6 Å². The topological polar surface area (TPSA) is 88.2 Å². The number of aromatic nitrogens is 1. The van der Waals surface area contributed by atoms with Crippen LogP contribution in [0, 0.1) is 0 Å². The predicted molar refractivity (Wildman–Crippen MR) is 95.7 cm³/mol. The summed E-state index contributed by atoms with van der Waals surface area (Å²) in [6.45, 7) is 5.01. The van der Waals surface area contributed by atoms with E-state index in [1.807, 2.05) is 0 Å². The molecule has 0 aliphatic rings. The lowest BCUT2D eigenvalue weighted by Gasteiger charge is -2.19.